The van der Waals surface area contributed by atoms with Gasteiger partial charge < -0.3 is 9.64 Å². The number of hydrogen-bond acceptors (Lipinski definition) is 5. The summed E-state index contributed by atoms with van der Waals surface area (Å²) in [6.45, 7) is 0.456. The van der Waals surface area contributed by atoms with E-state index in [1.807, 2.05) is 0 Å². The summed E-state index contributed by atoms with van der Waals surface area (Å²) in [6, 6.07) is 6.10. The van der Waals surface area contributed by atoms with Crippen LogP contribution < -0.4 is 4.72 Å². The molecule has 0 spiro atoms. The number of benzene rings is 1. The minimum atomic E-state index is -3.81. The minimum absolute atomic E-state index is 0.0350. The second-order valence-electron chi connectivity index (χ2n) is 5.03. The molecule has 9 heteroatoms. The number of amides is 1. The first-order chi connectivity index (χ1) is 10.9. The van der Waals surface area contributed by atoms with Gasteiger partial charge in [0.05, 0.1) is 4.90 Å². The van der Waals surface area contributed by atoms with Crippen LogP contribution in [0.15, 0.2) is 33.6 Å². The molecular formula is C14H17BrN2O5S. The van der Waals surface area contributed by atoms with Gasteiger partial charge in [-0.1, -0.05) is 22.0 Å². The maximum atomic E-state index is 12.0. The van der Waals surface area contributed by atoms with Crippen molar-refractivity contribution >= 4 is 37.8 Å². The van der Waals surface area contributed by atoms with Crippen LogP contribution in [0.5, 0.6) is 0 Å². The first-order valence-electron chi connectivity index (χ1n) is 7.07. The Morgan fingerprint density at radius 1 is 1.26 bits per heavy atom. The van der Waals surface area contributed by atoms with E-state index in [4.69, 9.17) is 4.74 Å². The zero-order chi connectivity index (χ0) is 16.9. The second-order valence-corrected chi connectivity index (χ2v) is 7.71. The first kappa shape index (κ1) is 17.9. The van der Waals surface area contributed by atoms with Crippen molar-refractivity contribution in [3.05, 3.63) is 28.7 Å². The molecule has 0 radical (unpaired) electrons. The highest BCUT2D eigenvalue weighted by atomic mass is 79.9. The number of nitrogens with one attached hydrogen (secondary N) is 1. The summed E-state index contributed by atoms with van der Waals surface area (Å²) in [7, 11) is -3.81. The second kappa shape index (κ2) is 7.89. The van der Waals surface area contributed by atoms with Gasteiger partial charge in [0.15, 0.2) is 6.61 Å². The summed E-state index contributed by atoms with van der Waals surface area (Å²) in [5.74, 6) is -1.05. The summed E-state index contributed by atoms with van der Waals surface area (Å²) >= 11 is 3.18. The molecule has 0 aromatic heterocycles. The topological polar surface area (TPSA) is 92.8 Å². The van der Waals surface area contributed by atoms with E-state index in [0.29, 0.717) is 17.6 Å². The van der Waals surface area contributed by atoms with Crippen LogP contribution in [0.1, 0.15) is 12.8 Å². The molecule has 1 saturated heterocycles. The van der Waals surface area contributed by atoms with Crippen molar-refractivity contribution in [3.8, 4) is 0 Å². The summed E-state index contributed by atoms with van der Waals surface area (Å²) in [5.41, 5.74) is 0. The monoisotopic (exact) mass is 404 g/mol. The van der Waals surface area contributed by atoms with Crippen molar-refractivity contribution in [2.75, 3.05) is 26.2 Å². The third-order valence-corrected chi connectivity index (χ3v) is 5.22. The van der Waals surface area contributed by atoms with Crippen molar-refractivity contribution in [1.82, 2.24) is 9.62 Å². The Balaban J connectivity index is 1.80. The molecule has 2 rings (SSSR count). The number of rotatable bonds is 6. The highest BCUT2D eigenvalue weighted by molar-refractivity contribution is 9.10. The minimum Gasteiger partial charge on any atom is -0.455 e. The number of likely N-dealkylation sites (tertiary alicyclic amines) is 1. The van der Waals surface area contributed by atoms with Crippen LogP contribution >= 0.6 is 15.9 Å². The number of hydrogen-bond donors (Lipinski definition) is 1. The SMILES string of the molecule is O=C(CNS(=O)(=O)c1cccc(Br)c1)OCC(=O)N1CCCC1. The highest BCUT2D eigenvalue weighted by Crippen LogP contribution is 2.15. The predicted octanol–water partition coefficient (Wildman–Crippen LogP) is 0.893. The Morgan fingerprint density at radius 3 is 2.61 bits per heavy atom. The molecule has 23 heavy (non-hydrogen) atoms. The van der Waals surface area contributed by atoms with Crippen molar-refractivity contribution in [2.24, 2.45) is 0 Å². The Labute approximate surface area is 143 Å². The normalized spacial score (nSPS) is 14.7. The van der Waals surface area contributed by atoms with Gasteiger partial charge in [-0.25, -0.2) is 8.42 Å². The van der Waals surface area contributed by atoms with Crippen LogP contribution in [0, 0.1) is 0 Å². The van der Waals surface area contributed by atoms with Crippen LogP contribution in [0.4, 0.5) is 0 Å². The fraction of sp³-hybridized carbons (Fsp3) is 0.429. The van der Waals surface area contributed by atoms with Crippen LogP contribution in [0.25, 0.3) is 0 Å². The van der Waals surface area contributed by atoms with Gasteiger partial charge in [0.25, 0.3) is 5.91 Å². The van der Waals surface area contributed by atoms with E-state index in [9.17, 15) is 18.0 Å². The lowest BCUT2D eigenvalue weighted by molar-refractivity contribution is -0.150. The number of sulfonamides is 1. The van der Waals surface area contributed by atoms with Gasteiger partial charge in [-0.15, -0.1) is 0 Å². The quantitative estimate of drug-likeness (QED) is 0.710. The molecule has 1 aliphatic rings. The van der Waals surface area contributed by atoms with Crippen molar-refractivity contribution < 1.29 is 22.7 Å². The van der Waals surface area contributed by atoms with E-state index >= 15 is 0 Å². The van der Waals surface area contributed by atoms with E-state index in [1.165, 1.54) is 12.1 Å². The maximum absolute atomic E-state index is 12.0. The van der Waals surface area contributed by atoms with Crippen molar-refractivity contribution in [1.29, 1.82) is 0 Å². The van der Waals surface area contributed by atoms with Crippen molar-refractivity contribution in [2.45, 2.75) is 17.7 Å². The van der Waals surface area contributed by atoms with E-state index in [2.05, 4.69) is 20.7 Å². The Hall–Kier alpha value is -1.45. The van der Waals surface area contributed by atoms with Gasteiger partial charge in [-0.3, -0.25) is 9.59 Å². The van der Waals surface area contributed by atoms with Crippen LogP contribution in [-0.2, 0) is 24.3 Å². The number of nitrogens with zero attached hydrogens (tertiary/aromatic N) is 1. The average molecular weight is 405 g/mol. The summed E-state index contributed by atoms with van der Waals surface area (Å²) in [6.07, 6.45) is 1.90. The molecule has 126 valence electrons. The number of esters is 1. The van der Waals surface area contributed by atoms with Gasteiger partial charge >= 0.3 is 5.97 Å². The number of carbonyl (C=O) groups is 2. The lowest BCUT2D eigenvalue weighted by atomic mass is 10.4. The van der Waals surface area contributed by atoms with Gasteiger partial charge in [0.1, 0.15) is 6.54 Å². The molecule has 1 aromatic carbocycles. The molecular weight excluding hydrogens is 388 g/mol. The average Bonchev–Trinajstić information content (AvgIpc) is 3.05. The van der Waals surface area contributed by atoms with Gasteiger partial charge in [0, 0.05) is 17.6 Å². The standard InChI is InChI=1S/C14H17BrN2O5S/c15-11-4-3-5-12(8-11)23(20,21)16-9-14(19)22-10-13(18)17-6-1-2-7-17/h3-5,8,16H,1-2,6-7,9-10H2. The molecule has 1 heterocycles. The summed E-state index contributed by atoms with van der Waals surface area (Å²) in [4.78, 5) is 25.0. The molecule has 1 fully saturated rings. The van der Waals surface area contributed by atoms with E-state index in [1.54, 1.807) is 17.0 Å². The summed E-state index contributed by atoms with van der Waals surface area (Å²) in [5, 5.41) is 0. The lowest BCUT2D eigenvalue weighted by Crippen LogP contribution is -2.35. The molecule has 0 saturated carbocycles. The van der Waals surface area contributed by atoms with E-state index < -0.39 is 22.5 Å². The fourth-order valence-corrected chi connectivity index (χ4v) is 3.69. The molecule has 1 N–H and O–H groups in total. The maximum Gasteiger partial charge on any atom is 0.321 e. The van der Waals surface area contributed by atoms with Gasteiger partial charge in [-0.05, 0) is 31.0 Å². The smallest absolute Gasteiger partial charge is 0.321 e. The number of halogens is 1. The lowest BCUT2D eigenvalue weighted by Gasteiger charge is -2.15. The highest BCUT2D eigenvalue weighted by Gasteiger charge is 2.20. The number of carbonyl (C=O) groups excluding carboxylic acids is 2. The third-order valence-electron chi connectivity index (χ3n) is 3.33. The van der Waals surface area contributed by atoms with Crippen molar-refractivity contribution in [3.63, 3.8) is 0 Å². The van der Waals surface area contributed by atoms with Crippen LogP contribution in [0.3, 0.4) is 0 Å². The first-order valence-corrected chi connectivity index (χ1v) is 9.35. The number of ether oxygens (including phenoxy) is 1. The molecule has 0 unspecified atom stereocenters. The molecule has 0 aliphatic carbocycles. The third kappa shape index (κ3) is 5.29. The fourth-order valence-electron chi connectivity index (χ4n) is 2.12. The summed E-state index contributed by atoms with van der Waals surface area (Å²) < 4.78 is 31.6. The molecule has 1 aromatic rings. The van der Waals surface area contributed by atoms with E-state index in [-0.39, 0.29) is 17.4 Å². The largest absolute Gasteiger partial charge is 0.455 e. The Bertz CT molecular complexity index is 686. The van der Waals surface area contributed by atoms with Gasteiger partial charge in [0.2, 0.25) is 10.0 Å². The predicted molar refractivity (Wildman–Crippen MR) is 86.1 cm³/mol. The Morgan fingerprint density at radius 2 is 1.96 bits per heavy atom. The zero-order valence-electron chi connectivity index (χ0n) is 12.3. The van der Waals surface area contributed by atoms with Crippen LogP contribution in [-0.4, -0.2) is 51.4 Å². The molecule has 1 aliphatic heterocycles. The Kier molecular flexibility index (Phi) is 6.14. The molecule has 0 atom stereocenters. The van der Waals surface area contributed by atoms with Gasteiger partial charge in [-0.2, -0.15) is 4.72 Å². The molecule has 1 amide bonds. The molecule has 7 nitrogen and oxygen atoms in total. The van der Waals surface area contributed by atoms with E-state index in [0.717, 1.165) is 12.8 Å². The van der Waals surface area contributed by atoms with Crippen LogP contribution in [0.2, 0.25) is 0 Å². The zero-order valence-corrected chi connectivity index (χ0v) is 14.7. The molecule has 0 bridgehead atoms.